The number of hydrazone groups is 1. The second-order valence-electron chi connectivity index (χ2n) is 4.24. The average Bonchev–Trinajstić information content (AvgIpc) is 2.49. The van der Waals surface area contributed by atoms with Crippen LogP contribution in [0.15, 0.2) is 35.8 Å². The van der Waals surface area contributed by atoms with Crippen LogP contribution in [0.1, 0.15) is 22.4 Å². The molecule has 0 aromatic carbocycles. The van der Waals surface area contributed by atoms with Crippen LogP contribution >= 0.6 is 0 Å². The highest BCUT2D eigenvalue weighted by Gasteiger charge is 2.08. The van der Waals surface area contributed by atoms with Crippen LogP contribution in [0, 0.1) is 6.92 Å². The van der Waals surface area contributed by atoms with Gasteiger partial charge >= 0.3 is 0 Å². The Morgan fingerprint density at radius 1 is 1.35 bits per heavy atom. The number of nitrogens with zero attached hydrogens (tertiary/aromatic N) is 3. The number of rotatable bonds is 5. The summed E-state index contributed by atoms with van der Waals surface area (Å²) in [5.41, 5.74) is 5.43. The fraction of sp³-hybridized carbons (Fsp3) is 0.214. The molecule has 6 nitrogen and oxygen atoms in total. The molecule has 2 rings (SSSR count). The summed E-state index contributed by atoms with van der Waals surface area (Å²) in [5.74, 6) is 0.0333. The molecule has 0 aliphatic rings. The molecule has 0 amide bonds. The summed E-state index contributed by atoms with van der Waals surface area (Å²) in [4.78, 5) is 7.92. The number of hydrogen-bond donors (Lipinski definition) is 3. The molecule has 0 saturated carbocycles. The molecule has 0 spiro atoms. The zero-order valence-corrected chi connectivity index (χ0v) is 11.1. The normalized spacial score (nSPS) is 10.9. The molecule has 3 N–H and O–H groups in total. The lowest BCUT2D eigenvalue weighted by Crippen LogP contribution is -2.06. The summed E-state index contributed by atoms with van der Waals surface area (Å²) < 4.78 is 0. The Balaban J connectivity index is 2.06. The number of aliphatic hydroxyl groups excluding tert-OH is 1. The minimum Gasteiger partial charge on any atom is -0.505 e. The molecule has 2 aromatic heterocycles. The SMILES string of the molecule is Cc1ncc(CO)c(/C=N/NCc2ccncc2)c1O. The van der Waals surface area contributed by atoms with E-state index in [1.165, 1.54) is 12.4 Å². The lowest BCUT2D eigenvalue weighted by molar-refractivity contribution is 0.280. The van der Waals surface area contributed by atoms with Gasteiger partial charge < -0.3 is 15.6 Å². The summed E-state index contributed by atoms with van der Waals surface area (Å²) in [6.07, 6.45) is 6.43. The van der Waals surface area contributed by atoms with Crippen molar-refractivity contribution >= 4 is 6.21 Å². The van der Waals surface area contributed by atoms with Gasteiger partial charge in [0.1, 0.15) is 5.75 Å². The Bertz CT molecular complexity index is 600. The third-order valence-corrected chi connectivity index (χ3v) is 2.85. The first kappa shape index (κ1) is 14.0. The van der Waals surface area contributed by atoms with Crippen molar-refractivity contribution in [3.05, 3.63) is 53.1 Å². The number of aliphatic hydroxyl groups is 1. The standard InChI is InChI=1S/C14H16N4O2/c1-10-14(20)13(12(9-19)7-16-10)8-18-17-6-11-2-4-15-5-3-11/h2-5,7-8,17,19-20H,6,9H2,1H3/b18-8+. The van der Waals surface area contributed by atoms with Crippen molar-refractivity contribution in [2.24, 2.45) is 5.10 Å². The molecule has 0 bridgehead atoms. The number of aryl methyl sites for hydroxylation is 1. The van der Waals surface area contributed by atoms with Crippen molar-refractivity contribution in [3.8, 4) is 5.75 Å². The number of hydrogen-bond acceptors (Lipinski definition) is 6. The summed E-state index contributed by atoms with van der Waals surface area (Å²) in [6.45, 7) is 2.04. The van der Waals surface area contributed by atoms with Crippen molar-refractivity contribution in [2.75, 3.05) is 0 Å². The number of nitrogens with one attached hydrogen (secondary N) is 1. The fourth-order valence-electron chi connectivity index (χ4n) is 1.67. The smallest absolute Gasteiger partial charge is 0.145 e. The van der Waals surface area contributed by atoms with Crippen molar-refractivity contribution in [1.82, 2.24) is 15.4 Å². The Labute approximate surface area is 116 Å². The summed E-state index contributed by atoms with van der Waals surface area (Å²) >= 11 is 0. The Hall–Kier alpha value is -2.47. The Morgan fingerprint density at radius 3 is 2.80 bits per heavy atom. The largest absolute Gasteiger partial charge is 0.505 e. The number of aromatic hydroxyl groups is 1. The van der Waals surface area contributed by atoms with Crippen LogP contribution < -0.4 is 5.43 Å². The van der Waals surface area contributed by atoms with Gasteiger partial charge in [0.05, 0.1) is 25.1 Å². The van der Waals surface area contributed by atoms with E-state index in [1.54, 1.807) is 19.3 Å². The zero-order chi connectivity index (χ0) is 14.4. The average molecular weight is 272 g/mol. The third kappa shape index (κ3) is 3.30. The maximum Gasteiger partial charge on any atom is 0.145 e. The Morgan fingerprint density at radius 2 is 2.10 bits per heavy atom. The molecule has 0 aliphatic carbocycles. The highest BCUT2D eigenvalue weighted by atomic mass is 16.3. The quantitative estimate of drug-likeness (QED) is 0.560. The summed E-state index contributed by atoms with van der Waals surface area (Å²) in [5, 5.41) is 23.2. The molecular weight excluding hydrogens is 256 g/mol. The van der Waals surface area contributed by atoms with E-state index in [1.807, 2.05) is 12.1 Å². The van der Waals surface area contributed by atoms with E-state index in [0.29, 0.717) is 23.4 Å². The van der Waals surface area contributed by atoms with Gasteiger partial charge in [-0.15, -0.1) is 0 Å². The third-order valence-electron chi connectivity index (χ3n) is 2.85. The van der Waals surface area contributed by atoms with E-state index < -0.39 is 0 Å². The first-order chi connectivity index (χ1) is 9.72. The lowest BCUT2D eigenvalue weighted by atomic mass is 10.1. The van der Waals surface area contributed by atoms with Gasteiger partial charge in [0.15, 0.2) is 0 Å². The van der Waals surface area contributed by atoms with Crippen LogP contribution in [0.4, 0.5) is 0 Å². The van der Waals surface area contributed by atoms with Crippen LogP contribution in [0.25, 0.3) is 0 Å². The van der Waals surface area contributed by atoms with Gasteiger partial charge in [-0.3, -0.25) is 9.97 Å². The molecule has 6 heteroatoms. The van der Waals surface area contributed by atoms with Crippen LogP contribution in [0.2, 0.25) is 0 Å². The van der Waals surface area contributed by atoms with E-state index >= 15 is 0 Å². The minimum absolute atomic E-state index is 0.0333. The van der Waals surface area contributed by atoms with E-state index in [0.717, 1.165) is 5.56 Å². The van der Waals surface area contributed by atoms with Crippen molar-refractivity contribution < 1.29 is 10.2 Å². The van der Waals surface area contributed by atoms with Gasteiger partial charge in [0.25, 0.3) is 0 Å². The van der Waals surface area contributed by atoms with Gasteiger partial charge in [-0.25, -0.2) is 0 Å². The van der Waals surface area contributed by atoms with Crippen LogP contribution in [0.5, 0.6) is 5.75 Å². The molecule has 0 aliphatic heterocycles. The van der Waals surface area contributed by atoms with E-state index in [-0.39, 0.29) is 12.4 Å². The molecule has 104 valence electrons. The predicted octanol–water partition coefficient (Wildman–Crippen LogP) is 1.11. The monoisotopic (exact) mass is 272 g/mol. The molecule has 2 heterocycles. The lowest BCUT2D eigenvalue weighted by Gasteiger charge is -2.07. The molecule has 2 aromatic rings. The fourth-order valence-corrected chi connectivity index (χ4v) is 1.67. The highest BCUT2D eigenvalue weighted by molar-refractivity contribution is 5.85. The topological polar surface area (TPSA) is 90.6 Å². The molecular formula is C14H16N4O2. The van der Waals surface area contributed by atoms with E-state index in [9.17, 15) is 10.2 Å². The van der Waals surface area contributed by atoms with Gasteiger partial charge in [-0.2, -0.15) is 5.10 Å². The minimum atomic E-state index is -0.202. The molecule has 0 radical (unpaired) electrons. The summed E-state index contributed by atoms with van der Waals surface area (Å²) in [6, 6.07) is 3.77. The zero-order valence-electron chi connectivity index (χ0n) is 11.1. The first-order valence-electron chi connectivity index (χ1n) is 6.15. The van der Waals surface area contributed by atoms with Crippen molar-refractivity contribution in [3.63, 3.8) is 0 Å². The van der Waals surface area contributed by atoms with Gasteiger partial charge in [-0.1, -0.05) is 0 Å². The molecule has 0 unspecified atom stereocenters. The second kappa shape index (κ2) is 6.63. The van der Waals surface area contributed by atoms with Crippen LogP contribution in [-0.4, -0.2) is 26.4 Å². The van der Waals surface area contributed by atoms with E-state index in [2.05, 4.69) is 20.5 Å². The van der Waals surface area contributed by atoms with Gasteiger partial charge in [0.2, 0.25) is 0 Å². The van der Waals surface area contributed by atoms with Crippen LogP contribution in [-0.2, 0) is 13.2 Å². The first-order valence-corrected chi connectivity index (χ1v) is 6.15. The van der Waals surface area contributed by atoms with Gasteiger partial charge in [-0.05, 0) is 24.6 Å². The maximum atomic E-state index is 9.92. The molecule has 0 saturated heterocycles. The predicted molar refractivity (Wildman–Crippen MR) is 75.2 cm³/mol. The number of pyridine rings is 2. The van der Waals surface area contributed by atoms with Crippen molar-refractivity contribution in [1.29, 1.82) is 0 Å². The van der Waals surface area contributed by atoms with E-state index in [4.69, 9.17) is 0 Å². The van der Waals surface area contributed by atoms with Gasteiger partial charge in [0, 0.05) is 29.7 Å². The molecule has 0 atom stereocenters. The van der Waals surface area contributed by atoms with Crippen molar-refractivity contribution in [2.45, 2.75) is 20.1 Å². The number of aromatic nitrogens is 2. The Kier molecular flexibility index (Phi) is 4.62. The second-order valence-corrected chi connectivity index (χ2v) is 4.24. The maximum absolute atomic E-state index is 9.92. The molecule has 20 heavy (non-hydrogen) atoms. The van der Waals surface area contributed by atoms with Crippen LogP contribution in [0.3, 0.4) is 0 Å². The summed E-state index contributed by atoms with van der Waals surface area (Å²) in [7, 11) is 0. The highest BCUT2D eigenvalue weighted by Crippen LogP contribution is 2.21. The molecule has 0 fully saturated rings.